The summed E-state index contributed by atoms with van der Waals surface area (Å²) in [6.45, 7) is 5.37. The molecule has 0 saturated heterocycles. The van der Waals surface area contributed by atoms with Gasteiger partial charge in [-0.3, -0.25) is 4.79 Å². The number of carbonyl (C=O) groups is 2. The number of aliphatic hydroxyl groups excluding tert-OH is 1. The first kappa shape index (κ1) is 21.2. The van der Waals surface area contributed by atoms with Crippen LogP contribution in [-0.2, 0) is 20.7 Å². The van der Waals surface area contributed by atoms with Crippen molar-refractivity contribution in [1.29, 1.82) is 0 Å². The Hall–Kier alpha value is -2.08. The lowest BCUT2D eigenvalue weighted by atomic mass is 9.85. The Labute approximate surface area is 161 Å². The van der Waals surface area contributed by atoms with Crippen LogP contribution in [0.15, 0.2) is 30.3 Å². The smallest absolute Gasteiger partial charge is 0.407 e. The summed E-state index contributed by atoms with van der Waals surface area (Å²) in [5.74, 6) is -0.892. The second-order valence-corrected chi connectivity index (χ2v) is 8.16. The van der Waals surface area contributed by atoms with Crippen molar-refractivity contribution in [3.63, 3.8) is 0 Å². The average Bonchev–Trinajstić information content (AvgIpc) is 3.08. The Bertz CT molecular complexity index is 625. The SMILES string of the molecule is COC(=O)C1CCCC1C(O)C(Cc1ccccc1)NC(=O)OC(C)(C)C. The van der Waals surface area contributed by atoms with Crippen LogP contribution in [0, 0.1) is 11.8 Å². The number of benzene rings is 1. The van der Waals surface area contributed by atoms with Crippen molar-refractivity contribution in [2.45, 2.75) is 64.2 Å². The average molecular weight is 377 g/mol. The summed E-state index contributed by atoms with van der Waals surface area (Å²) in [5.41, 5.74) is 0.360. The largest absolute Gasteiger partial charge is 0.469 e. The summed E-state index contributed by atoms with van der Waals surface area (Å²) in [4.78, 5) is 24.4. The molecular formula is C21H31NO5. The molecule has 0 spiro atoms. The highest BCUT2D eigenvalue weighted by Gasteiger charge is 2.41. The van der Waals surface area contributed by atoms with Crippen molar-refractivity contribution >= 4 is 12.1 Å². The molecule has 150 valence electrons. The molecule has 1 fully saturated rings. The van der Waals surface area contributed by atoms with Crippen molar-refractivity contribution in [3.05, 3.63) is 35.9 Å². The molecule has 4 unspecified atom stereocenters. The monoisotopic (exact) mass is 377 g/mol. The van der Waals surface area contributed by atoms with Crippen molar-refractivity contribution < 1.29 is 24.2 Å². The number of rotatable bonds is 6. The number of esters is 1. The van der Waals surface area contributed by atoms with E-state index in [1.807, 2.05) is 30.3 Å². The summed E-state index contributed by atoms with van der Waals surface area (Å²) >= 11 is 0. The van der Waals surface area contributed by atoms with E-state index in [0.717, 1.165) is 18.4 Å². The van der Waals surface area contributed by atoms with Gasteiger partial charge in [0.25, 0.3) is 0 Å². The molecule has 2 N–H and O–H groups in total. The highest BCUT2D eigenvalue weighted by Crippen LogP contribution is 2.36. The third-order valence-corrected chi connectivity index (χ3v) is 4.92. The van der Waals surface area contributed by atoms with Gasteiger partial charge in [0.2, 0.25) is 0 Å². The number of alkyl carbamates (subject to hydrolysis) is 1. The lowest BCUT2D eigenvalue weighted by molar-refractivity contribution is -0.148. The summed E-state index contributed by atoms with van der Waals surface area (Å²) in [5, 5.41) is 13.9. The summed E-state index contributed by atoms with van der Waals surface area (Å²) < 4.78 is 10.3. The van der Waals surface area contributed by atoms with E-state index >= 15 is 0 Å². The Morgan fingerprint density at radius 3 is 2.48 bits per heavy atom. The lowest BCUT2D eigenvalue weighted by Crippen LogP contribution is -2.50. The van der Waals surface area contributed by atoms with Gasteiger partial charge in [-0.25, -0.2) is 4.79 Å². The van der Waals surface area contributed by atoms with Crippen LogP contribution in [0.3, 0.4) is 0 Å². The Kier molecular flexibility index (Phi) is 7.25. The van der Waals surface area contributed by atoms with Crippen LogP contribution in [0.25, 0.3) is 0 Å². The molecule has 4 atom stereocenters. The van der Waals surface area contributed by atoms with Gasteiger partial charge in [0, 0.05) is 5.92 Å². The maximum Gasteiger partial charge on any atom is 0.407 e. The molecule has 0 bridgehead atoms. The number of aliphatic hydroxyl groups is 1. The van der Waals surface area contributed by atoms with E-state index in [4.69, 9.17) is 9.47 Å². The fourth-order valence-electron chi connectivity index (χ4n) is 3.72. The van der Waals surface area contributed by atoms with E-state index in [9.17, 15) is 14.7 Å². The molecule has 1 aromatic rings. The first-order chi connectivity index (χ1) is 12.7. The Morgan fingerprint density at radius 1 is 1.22 bits per heavy atom. The van der Waals surface area contributed by atoms with Crippen molar-refractivity contribution in [2.24, 2.45) is 11.8 Å². The zero-order valence-electron chi connectivity index (χ0n) is 16.6. The van der Waals surface area contributed by atoms with E-state index in [1.165, 1.54) is 7.11 Å². The van der Waals surface area contributed by atoms with Crippen LogP contribution in [-0.4, -0.2) is 42.0 Å². The molecule has 1 saturated carbocycles. The summed E-state index contributed by atoms with van der Waals surface area (Å²) in [6.07, 6.45) is 1.28. The standard InChI is InChI=1S/C21H31NO5/c1-21(2,3)27-20(25)22-17(13-14-9-6-5-7-10-14)18(23)15-11-8-12-16(15)19(24)26-4/h5-7,9-10,15-18,23H,8,11-13H2,1-4H3,(H,22,25). The van der Waals surface area contributed by atoms with E-state index in [-0.39, 0.29) is 17.8 Å². The van der Waals surface area contributed by atoms with Crippen LogP contribution in [0.5, 0.6) is 0 Å². The molecule has 0 radical (unpaired) electrons. The highest BCUT2D eigenvalue weighted by atomic mass is 16.6. The number of amides is 1. The second-order valence-electron chi connectivity index (χ2n) is 8.16. The molecule has 0 heterocycles. The number of hydrogen-bond acceptors (Lipinski definition) is 5. The van der Waals surface area contributed by atoms with Crippen LogP contribution in [0.4, 0.5) is 4.79 Å². The maximum atomic E-state index is 12.3. The van der Waals surface area contributed by atoms with Crippen molar-refractivity contribution in [2.75, 3.05) is 7.11 Å². The molecule has 27 heavy (non-hydrogen) atoms. The Morgan fingerprint density at radius 2 is 1.89 bits per heavy atom. The van der Waals surface area contributed by atoms with Gasteiger partial charge in [-0.15, -0.1) is 0 Å². The zero-order valence-corrected chi connectivity index (χ0v) is 16.6. The molecule has 6 heteroatoms. The minimum Gasteiger partial charge on any atom is -0.469 e. The van der Waals surface area contributed by atoms with Crippen LogP contribution in [0.2, 0.25) is 0 Å². The van der Waals surface area contributed by atoms with Gasteiger partial charge in [0.15, 0.2) is 0 Å². The number of ether oxygens (including phenoxy) is 2. The first-order valence-electron chi connectivity index (χ1n) is 9.50. The zero-order chi connectivity index (χ0) is 20.0. The highest BCUT2D eigenvalue weighted by molar-refractivity contribution is 5.73. The van der Waals surface area contributed by atoms with Crippen molar-refractivity contribution in [3.8, 4) is 0 Å². The summed E-state index contributed by atoms with van der Waals surface area (Å²) in [7, 11) is 1.37. The lowest BCUT2D eigenvalue weighted by Gasteiger charge is -2.31. The van der Waals surface area contributed by atoms with Gasteiger partial charge in [0.1, 0.15) is 5.60 Å². The van der Waals surface area contributed by atoms with E-state index < -0.39 is 23.8 Å². The van der Waals surface area contributed by atoms with Gasteiger partial charge in [-0.2, -0.15) is 0 Å². The molecule has 1 aliphatic rings. The Balaban J connectivity index is 2.17. The second kappa shape index (κ2) is 9.22. The number of methoxy groups -OCH3 is 1. The quantitative estimate of drug-likeness (QED) is 0.744. The molecular weight excluding hydrogens is 346 g/mol. The van der Waals surface area contributed by atoms with Crippen LogP contribution >= 0.6 is 0 Å². The molecule has 1 amide bonds. The topological polar surface area (TPSA) is 84.9 Å². The number of nitrogens with one attached hydrogen (secondary N) is 1. The summed E-state index contributed by atoms with van der Waals surface area (Å²) in [6, 6.07) is 9.09. The van der Waals surface area contributed by atoms with Crippen LogP contribution < -0.4 is 5.32 Å². The van der Waals surface area contributed by atoms with E-state index in [0.29, 0.717) is 12.8 Å². The minimum absolute atomic E-state index is 0.249. The third kappa shape index (κ3) is 6.24. The molecule has 2 rings (SSSR count). The van der Waals surface area contributed by atoms with E-state index in [2.05, 4.69) is 5.32 Å². The maximum absolute atomic E-state index is 12.3. The number of carbonyl (C=O) groups excluding carboxylic acids is 2. The van der Waals surface area contributed by atoms with Gasteiger partial charge >= 0.3 is 12.1 Å². The fourth-order valence-corrected chi connectivity index (χ4v) is 3.72. The van der Waals surface area contributed by atoms with Gasteiger partial charge in [-0.05, 0) is 45.6 Å². The molecule has 1 aromatic carbocycles. The predicted molar refractivity (Wildman–Crippen MR) is 102 cm³/mol. The van der Waals surface area contributed by atoms with Gasteiger partial charge in [-0.1, -0.05) is 36.8 Å². The van der Waals surface area contributed by atoms with Crippen LogP contribution in [0.1, 0.15) is 45.6 Å². The minimum atomic E-state index is -0.871. The first-order valence-corrected chi connectivity index (χ1v) is 9.50. The third-order valence-electron chi connectivity index (χ3n) is 4.92. The molecule has 1 aliphatic carbocycles. The molecule has 0 aliphatic heterocycles. The molecule has 0 aromatic heterocycles. The van der Waals surface area contributed by atoms with Gasteiger partial charge in [0.05, 0.1) is 25.2 Å². The molecule has 6 nitrogen and oxygen atoms in total. The normalized spacial score (nSPS) is 22.0. The predicted octanol–water partition coefficient (Wildman–Crippen LogP) is 3.07. The number of hydrogen-bond donors (Lipinski definition) is 2. The van der Waals surface area contributed by atoms with Crippen molar-refractivity contribution in [1.82, 2.24) is 5.32 Å². The van der Waals surface area contributed by atoms with E-state index in [1.54, 1.807) is 20.8 Å². The fraction of sp³-hybridized carbons (Fsp3) is 0.619. The van der Waals surface area contributed by atoms with Gasteiger partial charge < -0.3 is 19.9 Å².